The topological polar surface area (TPSA) is 59.6 Å². The minimum absolute atomic E-state index is 0.0908. The van der Waals surface area contributed by atoms with E-state index in [4.69, 9.17) is 9.47 Å². The largest absolute Gasteiger partial charge is 0.377 e. The maximum absolute atomic E-state index is 11.9. The number of nitrogens with one attached hydrogen (secondary N) is 2. The summed E-state index contributed by atoms with van der Waals surface area (Å²) in [6, 6.07) is 0.0418. The molecule has 5 nitrogen and oxygen atoms in total. The van der Waals surface area contributed by atoms with Gasteiger partial charge < -0.3 is 20.1 Å². The first kappa shape index (κ1) is 15.6. The van der Waals surface area contributed by atoms with E-state index in [9.17, 15) is 4.79 Å². The number of hydrogen-bond acceptors (Lipinski definition) is 3. The standard InChI is InChI=1S/C15H28N2O3/c1-10-12(6-8-19-10)17-14(18)16-9-11-5-7-20-13(11)15(2,3)4/h10-13H,5-9H2,1-4H3,(H2,16,17,18)/t10-,11+,12+,13-/m0/s1. The van der Waals surface area contributed by atoms with Gasteiger partial charge in [-0.2, -0.15) is 0 Å². The zero-order valence-electron chi connectivity index (χ0n) is 13.1. The van der Waals surface area contributed by atoms with Gasteiger partial charge in [-0.05, 0) is 25.2 Å². The first-order chi connectivity index (χ1) is 9.38. The molecule has 0 aliphatic carbocycles. The highest BCUT2D eigenvalue weighted by Gasteiger charge is 2.37. The van der Waals surface area contributed by atoms with Gasteiger partial charge in [0, 0.05) is 25.7 Å². The summed E-state index contributed by atoms with van der Waals surface area (Å²) >= 11 is 0. The van der Waals surface area contributed by atoms with Crippen molar-refractivity contribution in [3.8, 4) is 0 Å². The average molecular weight is 284 g/mol. The van der Waals surface area contributed by atoms with Gasteiger partial charge in [0.15, 0.2) is 0 Å². The number of rotatable bonds is 3. The van der Waals surface area contributed by atoms with Crippen molar-refractivity contribution in [2.75, 3.05) is 19.8 Å². The lowest BCUT2D eigenvalue weighted by atomic mass is 9.81. The van der Waals surface area contributed by atoms with E-state index in [2.05, 4.69) is 31.4 Å². The Morgan fingerprint density at radius 2 is 1.90 bits per heavy atom. The van der Waals surface area contributed by atoms with Crippen LogP contribution < -0.4 is 10.6 Å². The molecule has 5 heteroatoms. The molecule has 116 valence electrons. The first-order valence-corrected chi connectivity index (χ1v) is 7.65. The molecule has 0 aromatic rings. The summed E-state index contributed by atoms with van der Waals surface area (Å²) in [7, 11) is 0. The summed E-state index contributed by atoms with van der Waals surface area (Å²) in [5.41, 5.74) is 0.118. The minimum atomic E-state index is -0.0908. The summed E-state index contributed by atoms with van der Waals surface area (Å²) in [4.78, 5) is 11.9. The van der Waals surface area contributed by atoms with Gasteiger partial charge in [-0.3, -0.25) is 0 Å². The van der Waals surface area contributed by atoms with Crippen molar-refractivity contribution < 1.29 is 14.3 Å². The van der Waals surface area contributed by atoms with E-state index < -0.39 is 0 Å². The van der Waals surface area contributed by atoms with Crippen LogP contribution in [0.4, 0.5) is 4.79 Å². The predicted molar refractivity (Wildman–Crippen MR) is 77.7 cm³/mol. The minimum Gasteiger partial charge on any atom is -0.377 e. The molecule has 0 spiro atoms. The summed E-state index contributed by atoms with van der Waals surface area (Å²) in [6.45, 7) is 10.8. The molecule has 2 N–H and O–H groups in total. The van der Waals surface area contributed by atoms with Crippen LogP contribution >= 0.6 is 0 Å². The molecule has 2 saturated heterocycles. The maximum atomic E-state index is 11.9. The summed E-state index contributed by atoms with van der Waals surface area (Å²) in [6.07, 6.45) is 2.24. The molecule has 0 aromatic heterocycles. The lowest BCUT2D eigenvalue weighted by molar-refractivity contribution is 0.00772. The van der Waals surface area contributed by atoms with Crippen LogP contribution in [0, 0.1) is 11.3 Å². The van der Waals surface area contributed by atoms with E-state index in [1.165, 1.54) is 0 Å². The molecule has 2 amide bonds. The summed E-state index contributed by atoms with van der Waals surface area (Å²) in [5, 5.41) is 5.98. The molecule has 0 saturated carbocycles. The normalized spacial score (nSPS) is 34.2. The van der Waals surface area contributed by atoms with Crippen molar-refractivity contribution in [3.05, 3.63) is 0 Å². The van der Waals surface area contributed by atoms with Gasteiger partial charge in [-0.1, -0.05) is 20.8 Å². The Labute approximate surface area is 121 Å². The lowest BCUT2D eigenvalue weighted by Crippen LogP contribution is -2.47. The number of ether oxygens (including phenoxy) is 2. The SMILES string of the molecule is C[C@@H]1OCC[C@H]1NC(=O)NC[C@H]1CCO[C@@H]1C(C)(C)C. The molecule has 0 aromatic carbocycles. The van der Waals surface area contributed by atoms with Crippen LogP contribution in [0.15, 0.2) is 0 Å². The lowest BCUT2D eigenvalue weighted by Gasteiger charge is -2.31. The third kappa shape index (κ3) is 3.85. The van der Waals surface area contributed by atoms with Crippen molar-refractivity contribution >= 4 is 6.03 Å². The fourth-order valence-corrected chi connectivity index (χ4v) is 3.16. The second-order valence-electron chi connectivity index (χ2n) is 7.03. The van der Waals surface area contributed by atoms with Gasteiger partial charge in [0.25, 0.3) is 0 Å². The second kappa shape index (κ2) is 6.31. The molecule has 2 heterocycles. The highest BCUT2D eigenvalue weighted by atomic mass is 16.5. The molecule has 0 bridgehead atoms. The highest BCUT2D eigenvalue weighted by molar-refractivity contribution is 5.74. The van der Waals surface area contributed by atoms with E-state index >= 15 is 0 Å². The number of urea groups is 1. The molecule has 2 aliphatic heterocycles. The molecular formula is C15H28N2O3. The Balaban J connectivity index is 1.75. The van der Waals surface area contributed by atoms with Crippen LogP contribution in [0.5, 0.6) is 0 Å². The van der Waals surface area contributed by atoms with Crippen LogP contribution in [-0.2, 0) is 9.47 Å². The predicted octanol–water partition coefficient (Wildman–Crippen LogP) is 1.91. The molecule has 2 rings (SSSR count). The maximum Gasteiger partial charge on any atom is 0.315 e. The third-order valence-corrected chi connectivity index (χ3v) is 4.29. The van der Waals surface area contributed by atoms with Gasteiger partial charge in [0.05, 0.1) is 18.2 Å². The summed E-state index contributed by atoms with van der Waals surface area (Å²) in [5.74, 6) is 0.401. The van der Waals surface area contributed by atoms with Crippen molar-refractivity contribution in [2.24, 2.45) is 11.3 Å². The van der Waals surface area contributed by atoms with Crippen LogP contribution in [0.25, 0.3) is 0 Å². The smallest absolute Gasteiger partial charge is 0.315 e. The van der Waals surface area contributed by atoms with Crippen LogP contribution in [0.2, 0.25) is 0 Å². The fraction of sp³-hybridized carbons (Fsp3) is 0.933. The van der Waals surface area contributed by atoms with Crippen molar-refractivity contribution in [2.45, 2.75) is 58.8 Å². The third-order valence-electron chi connectivity index (χ3n) is 4.29. The molecule has 2 aliphatic rings. The number of carbonyl (C=O) groups excluding carboxylic acids is 1. The average Bonchev–Trinajstić information content (AvgIpc) is 2.96. The van der Waals surface area contributed by atoms with Crippen molar-refractivity contribution in [3.63, 3.8) is 0 Å². The van der Waals surface area contributed by atoms with E-state index in [1.54, 1.807) is 0 Å². The zero-order valence-corrected chi connectivity index (χ0v) is 13.1. The van der Waals surface area contributed by atoms with Gasteiger partial charge in [-0.25, -0.2) is 4.79 Å². The zero-order chi connectivity index (χ0) is 14.8. The molecule has 4 atom stereocenters. The molecule has 20 heavy (non-hydrogen) atoms. The number of hydrogen-bond donors (Lipinski definition) is 2. The van der Waals surface area contributed by atoms with E-state index in [1.807, 2.05) is 6.92 Å². The number of amides is 2. The monoisotopic (exact) mass is 284 g/mol. The van der Waals surface area contributed by atoms with Gasteiger partial charge in [0.1, 0.15) is 0 Å². The molecule has 0 radical (unpaired) electrons. The van der Waals surface area contributed by atoms with Gasteiger partial charge in [-0.15, -0.1) is 0 Å². The van der Waals surface area contributed by atoms with Gasteiger partial charge in [0.2, 0.25) is 0 Å². The second-order valence-corrected chi connectivity index (χ2v) is 7.03. The van der Waals surface area contributed by atoms with Crippen molar-refractivity contribution in [1.82, 2.24) is 10.6 Å². The Bertz CT molecular complexity index is 341. The van der Waals surface area contributed by atoms with Crippen LogP contribution in [-0.4, -0.2) is 44.0 Å². The quantitative estimate of drug-likeness (QED) is 0.832. The first-order valence-electron chi connectivity index (χ1n) is 7.65. The Hall–Kier alpha value is -0.810. The molecular weight excluding hydrogens is 256 g/mol. The van der Waals surface area contributed by atoms with Crippen LogP contribution in [0.3, 0.4) is 0 Å². The van der Waals surface area contributed by atoms with E-state index in [0.29, 0.717) is 12.5 Å². The van der Waals surface area contributed by atoms with Crippen molar-refractivity contribution in [1.29, 1.82) is 0 Å². The van der Waals surface area contributed by atoms with E-state index in [-0.39, 0.29) is 29.7 Å². The number of carbonyl (C=O) groups is 1. The molecule has 0 unspecified atom stereocenters. The Morgan fingerprint density at radius 3 is 2.50 bits per heavy atom. The Kier molecular flexibility index (Phi) is 4.91. The van der Waals surface area contributed by atoms with E-state index in [0.717, 1.165) is 26.1 Å². The van der Waals surface area contributed by atoms with Gasteiger partial charge >= 0.3 is 6.03 Å². The highest BCUT2D eigenvalue weighted by Crippen LogP contribution is 2.34. The fourth-order valence-electron chi connectivity index (χ4n) is 3.16. The van der Waals surface area contributed by atoms with Crippen LogP contribution in [0.1, 0.15) is 40.5 Å². The Morgan fingerprint density at radius 1 is 1.20 bits per heavy atom. The molecule has 2 fully saturated rings. The summed E-state index contributed by atoms with van der Waals surface area (Å²) < 4.78 is 11.3.